The molecule has 1 aromatic carbocycles. The average molecular weight is 364 g/mol. The van der Waals surface area contributed by atoms with E-state index in [9.17, 15) is 0 Å². The first-order valence-electron chi connectivity index (χ1n) is 9.19. The summed E-state index contributed by atoms with van der Waals surface area (Å²) in [6, 6.07) is 6.62. The Morgan fingerprint density at radius 1 is 1.28 bits per heavy atom. The molecule has 1 saturated carbocycles. The molecule has 0 saturated heterocycles. The zero-order chi connectivity index (χ0) is 18.1. The van der Waals surface area contributed by atoms with E-state index in [1.165, 1.54) is 41.7 Å². The molecular formula is C20H33N3OS. The van der Waals surface area contributed by atoms with Gasteiger partial charge < -0.3 is 15.4 Å². The molecule has 0 radical (unpaired) electrons. The molecule has 2 rings (SSSR count). The average Bonchev–Trinajstić information content (AvgIpc) is 3.10. The number of benzene rings is 1. The first-order valence-corrected chi connectivity index (χ1v) is 10.4. The maximum atomic E-state index is 5.33. The Bertz CT molecular complexity index is 568. The van der Waals surface area contributed by atoms with E-state index in [1.54, 1.807) is 18.9 Å². The fourth-order valence-electron chi connectivity index (χ4n) is 3.63. The molecule has 140 valence electrons. The zero-order valence-electron chi connectivity index (χ0n) is 16.2. The van der Waals surface area contributed by atoms with E-state index < -0.39 is 0 Å². The van der Waals surface area contributed by atoms with E-state index in [2.05, 4.69) is 47.0 Å². The van der Waals surface area contributed by atoms with Gasteiger partial charge in [-0.05, 0) is 55.1 Å². The summed E-state index contributed by atoms with van der Waals surface area (Å²) >= 11 is 1.80. The third-order valence-electron chi connectivity index (χ3n) is 5.24. The SMILES string of the molecule is CN=C(NCc1ccc(C)cc1SC)NCC1(CCOC)CCCC1. The number of hydrogen-bond acceptors (Lipinski definition) is 3. The van der Waals surface area contributed by atoms with E-state index >= 15 is 0 Å². The van der Waals surface area contributed by atoms with Crippen molar-refractivity contribution < 1.29 is 4.74 Å². The second-order valence-corrected chi connectivity index (χ2v) is 7.89. The van der Waals surface area contributed by atoms with Crippen molar-refractivity contribution >= 4 is 17.7 Å². The number of nitrogens with one attached hydrogen (secondary N) is 2. The molecule has 1 aliphatic rings. The normalized spacial score (nSPS) is 16.9. The summed E-state index contributed by atoms with van der Waals surface area (Å²) in [6.07, 6.45) is 8.49. The van der Waals surface area contributed by atoms with Gasteiger partial charge >= 0.3 is 0 Å². The van der Waals surface area contributed by atoms with Crippen molar-refractivity contribution in [2.45, 2.75) is 50.5 Å². The minimum atomic E-state index is 0.363. The zero-order valence-corrected chi connectivity index (χ0v) is 17.0. The second-order valence-electron chi connectivity index (χ2n) is 7.04. The Balaban J connectivity index is 1.90. The Kier molecular flexibility index (Phi) is 8.10. The molecule has 1 fully saturated rings. The highest BCUT2D eigenvalue weighted by Crippen LogP contribution is 2.40. The molecule has 0 atom stereocenters. The van der Waals surface area contributed by atoms with E-state index in [4.69, 9.17) is 4.74 Å². The van der Waals surface area contributed by atoms with Crippen LogP contribution >= 0.6 is 11.8 Å². The largest absolute Gasteiger partial charge is 0.385 e. The van der Waals surface area contributed by atoms with Gasteiger partial charge in [0.25, 0.3) is 0 Å². The van der Waals surface area contributed by atoms with Gasteiger partial charge in [-0.15, -0.1) is 11.8 Å². The smallest absolute Gasteiger partial charge is 0.191 e. The summed E-state index contributed by atoms with van der Waals surface area (Å²) in [5.74, 6) is 0.885. The van der Waals surface area contributed by atoms with Crippen molar-refractivity contribution in [3.63, 3.8) is 0 Å². The fraction of sp³-hybridized carbons (Fsp3) is 0.650. The van der Waals surface area contributed by atoms with Crippen LogP contribution in [-0.4, -0.2) is 39.5 Å². The van der Waals surface area contributed by atoms with E-state index in [1.807, 2.05) is 7.05 Å². The number of hydrogen-bond donors (Lipinski definition) is 2. The number of methoxy groups -OCH3 is 1. The monoisotopic (exact) mass is 363 g/mol. The van der Waals surface area contributed by atoms with Crippen LogP contribution in [0.3, 0.4) is 0 Å². The van der Waals surface area contributed by atoms with Crippen LogP contribution < -0.4 is 10.6 Å². The van der Waals surface area contributed by atoms with Crippen molar-refractivity contribution in [2.24, 2.45) is 10.4 Å². The molecule has 0 amide bonds. The molecule has 5 heteroatoms. The molecular weight excluding hydrogens is 330 g/mol. The third kappa shape index (κ3) is 5.93. The van der Waals surface area contributed by atoms with Crippen molar-refractivity contribution in [1.82, 2.24) is 10.6 Å². The Morgan fingerprint density at radius 3 is 2.68 bits per heavy atom. The Labute approximate surface area is 157 Å². The maximum Gasteiger partial charge on any atom is 0.191 e. The Hall–Kier alpha value is -1.20. The predicted octanol–water partition coefficient (Wildman–Crippen LogP) is 3.98. The summed E-state index contributed by atoms with van der Waals surface area (Å²) < 4.78 is 5.33. The number of aryl methyl sites for hydroxylation is 1. The topological polar surface area (TPSA) is 45.7 Å². The highest BCUT2D eigenvalue weighted by molar-refractivity contribution is 7.98. The van der Waals surface area contributed by atoms with Crippen LogP contribution in [0.5, 0.6) is 0 Å². The summed E-state index contributed by atoms with van der Waals surface area (Å²) in [5, 5.41) is 7.03. The minimum Gasteiger partial charge on any atom is -0.385 e. The van der Waals surface area contributed by atoms with E-state index in [-0.39, 0.29) is 0 Å². The molecule has 0 unspecified atom stereocenters. The first kappa shape index (κ1) is 20.1. The van der Waals surface area contributed by atoms with E-state index in [0.29, 0.717) is 5.41 Å². The van der Waals surface area contributed by atoms with Gasteiger partial charge in [0, 0.05) is 38.7 Å². The van der Waals surface area contributed by atoms with Crippen molar-refractivity contribution in [1.29, 1.82) is 0 Å². The van der Waals surface area contributed by atoms with Crippen molar-refractivity contribution in [3.8, 4) is 0 Å². The van der Waals surface area contributed by atoms with Crippen LogP contribution in [0.15, 0.2) is 28.1 Å². The number of ether oxygens (including phenoxy) is 1. The standard InChI is InChI=1S/C20H33N3OS/c1-16-7-8-17(18(13-16)25-4)14-22-19(21-2)23-15-20(11-12-24-3)9-5-6-10-20/h7-8,13H,5-6,9-12,14-15H2,1-4H3,(H2,21,22,23). The van der Waals surface area contributed by atoms with Crippen molar-refractivity contribution in [2.75, 3.05) is 33.6 Å². The molecule has 1 aliphatic carbocycles. The van der Waals surface area contributed by atoms with Crippen molar-refractivity contribution in [3.05, 3.63) is 29.3 Å². The first-order chi connectivity index (χ1) is 12.1. The molecule has 25 heavy (non-hydrogen) atoms. The van der Waals surface area contributed by atoms with Crippen LogP contribution in [-0.2, 0) is 11.3 Å². The van der Waals surface area contributed by atoms with E-state index in [0.717, 1.165) is 32.1 Å². The number of thioether (sulfide) groups is 1. The Morgan fingerprint density at radius 2 is 2.04 bits per heavy atom. The molecule has 0 bridgehead atoms. The molecule has 0 aliphatic heterocycles. The van der Waals surface area contributed by atoms with Gasteiger partial charge in [0.05, 0.1) is 0 Å². The van der Waals surface area contributed by atoms with Crippen LogP contribution in [0, 0.1) is 12.3 Å². The summed E-state index contributed by atoms with van der Waals surface area (Å²) in [6.45, 7) is 4.74. The van der Waals surface area contributed by atoms with Gasteiger partial charge in [0.2, 0.25) is 0 Å². The molecule has 2 N–H and O–H groups in total. The van der Waals surface area contributed by atoms with Gasteiger partial charge in [-0.25, -0.2) is 0 Å². The third-order valence-corrected chi connectivity index (χ3v) is 6.06. The van der Waals surface area contributed by atoms with Gasteiger partial charge in [0.15, 0.2) is 5.96 Å². The number of nitrogens with zero attached hydrogens (tertiary/aromatic N) is 1. The van der Waals surface area contributed by atoms with Crippen LogP contribution in [0.4, 0.5) is 0 Å². The lowest BCUT2D eigenvalue weighted by Crippen LogP contribution is -2.43. The fourth-order valence-corrected chi connectivity index (χ4v) is 4.33. The van der Waals surface area contributed by atoms with Gasteiger partial charge in [-0.1, -0.05) is 25.0 Å². The summed E-state index contributed by atoms with van der Waals surface area (Å²) in [5.41, 5.74) is 2.98. The van der Waals surface area contributed by atoms with Crippen LogP contribution in [0.2, 0.25) is 0 Å². The number of aliphatic imine (C=N–C) groups is 1. The molecule has 1 aromatic rings. The minimum absolute atomic E-state index is 0.363. The highest BCUT2D eigenvalue weighted by atomic mass is 32.2. The lowest BCUT2D eigenvalue weighted by Gasteiger charge is -2.30. The molecule has 0 aromatic heterocycles. The second kappa shape index (κ2) is 10.1. The van der Waals surface area contributed by atoms with Crippen LogP contribution in [0.25, 0.3) is 0 Å². The molecule has 0 heterocycles. The summed E-state index contributed by atoms with van der Waals surface area (Å²) in [4.78, 5) is 5.73. The van der Waals surface area contributed by atoms with Gasteiger partial charge in [-0.2, -0.15) is 0 Å². The maximum absolute atomic E-state index is 5.33. The number of guanidine groups is 1. The molecule has 4 nitrogen and oxygen atoms in total. The quantitative estimate of drug-likeness (QED) is 0.417. The molecule has 0 spiro atoms. The lowest BCUT2D eigenvalue weighted by atomic mass is 9.83. The predicted molar refractivity (Wildman–Crippen MR) is 109 cm³/mol. The lowest BCUT2D eigenvalue weighted by molar-refractivity contribution is 0.138. The summed E-state index contributed by atoms with van der Waals surface area (Å²) in [7, 11) is 3.64. The highest BCUT2D eigenvalue weighted by Gasteiger charge is 2.33. The van der Waals surface area contributed by atoms with Crippen LogP contribution in [0.1, 0.15) is 43.2 Å². The van der Waals surface area contributed by atoms with Gasteiger partial charge in [-0.3, -0.25) is 4.99 Å². The number of rotatable bonds is 8. The van der Waals surface area contributed by atoms with Gasteiger partial charge in [0.1, 0.15) is 0 Å².